The van der Waals surface area contributed by atoms with E-state index < -0.39 is 15.9 Å². The predicted molar refractivity (Wildman–Crippen MR) is 117 cm³/mol. The number of fused-ring (bicyclic) bond motifs is 3. The lowest BCUT2D eigenvalue weighted by Gasteiger charge is -2.29. The second kappa shape index (κ2) is 7.52. The van der Waals surface area contributed by atoms with E-state index in [4.69, 9.17) is 9.52 Å². The first-order valence-corrected chi connectivity index (χ1v) is 12.3. The molecule has 9 nitrogen and oxygen atoms in total. The number of rotatable bonds is 4. The number of hydrogen-bond donors (Lipinski definition) is 3. The Morgan fingerprint density at radius 2 is 1.90 bits per heavy atom. The quantitative estimate of drug-likeness (QED) is 0.670. The highest BCUT2D eigenvalue weighted by Gasteiger charge is 2.30. The number of aromatic nitrogens is 2. The third-order valence-electron chi connectivity index (χ3n) is 6.54. The zero-order chi connectivity index (χ0) is 21.8. The first-order valence-electron chi connectivity index (χ1n) is 10.7. The van der Waals surface area contributed by atoms with Gasteiger partial charge < -0.3 is 15.0 Å². The van der Waals surface area contributed by atoms with Crippen LogP contribution in [-0.2, 0) is 42.1 Å². The van der Waals surface area contributed by atoms with E-state index >= 15 is 0 Å². The minimum atomic E-state index is -3.63. The first kappa shape index (κ1) is 20.3. The topological polar surface area (TPSA) is 112 Å². The molecule has 0 spiro atoms. The summed E-state index contributed by atoms with van der Waals surface area (Å²) < 4.78 is 31.3. The summed E-state index contributed by atoms with van der Waals surface area (Å²) in [4.78, 5) is 15.0. The van der Waals surface area contributed by atoms with Crippen LogP contribution in [0.5, 0.6) is 5.88 Å². The van der Waals surface area contributed by atoms with Crippen LogP contribution in [0, 0.1) is 4.78 Å². The number of urea groups is 1. The van der Waals surface area contributed by atoms with Gasteiger partial charge in [-0.05, 0) is 74.9 Å². The van der Waals surface area contributed by atoms with Gasteiger partial charge in [-0.3, -0.25) is 0 Å². The summed E-state index contributed by atoms with van der Waals surface area (Å²) in [5.74, 6) is 0.292. The summed E-state index contributed by atoms with van der Waals surface area (Å²) >= 11 is 0. The summed E-state index contributed by atoms with van der Waals surface area (Å²) in [6, 6.07) is 1.80. The van der Waals surface area contributed by atoms with Crippen LogP contribution in [0.25, 0.3) is 0 Å². The Morgan fingerprint density at radius 1 is 1.23 bits per heavy atom. The second-order valence-corrected chi connectivity index (χ2v) is 10.5. The van der Waals surface area contributed by atoms with Gasteiger partial charge in [0.25, 0.3) is 0 Å². The molecule has 31 heavy (non-hydrogen) atoms. The molecule has 1 aromatic carbocycles. The second-order valence-electron chi connectivity index (χ2n) is 8.77. The summed E-state index contributed by atoms with van der Waals surface area (Å²) in [6.45, 7) is 0.988. The Labute approximate surface area is 182 Å². The largest absolute Gasteiger partial charge is 0.475 e. The van der Waals surface area contributed by atoms with Gasteiger partial charge in [0, 0.05) is 5.69 Å². The van der Waals surface area contributed by atoms with Crippen LogP contribution in [-0.4, -0.2) is 51.7 Å². The summed E-state index contributed by atoms with van der Waals surface area (Å²) in [7, 11) is 0.289. The van der Waals surface area contributed by atoms with E-state index in [0.717, 1.165) is 44.2 Å². The SMILES string of the molecule is CN(C)[C@H]1COc2c(S(=N)(=O)NC(=O)Nc3c4c(cc5c3CCC5)CCC4)cnn2C1. The van der Waals surface area contributed by atoms with Gasteiger partial charge in [0.05, 0.1) is 18.8 Å². The van der Waals surface area contributed by atoms with Gasteiger partial charge in [-0.2, -0.15) is 5.10 Å². The maximum Gasteiger partial charge on any atom is 0.331 e. The molecule has 2 atom stereocenters. The molecule has 3 N–H and O–H groups in total. The minimum Gasteiger partial charge on any atom is -0.475 e. The molecule has 2 aromatic rings. The molecule has 0 bridgehead atoms. The van der Waals surface area contributed by atoms with Crippen LogP contribution in [0.1, 0.15) is 35.1 Å². The number of amides is 2. The van der Waals surface area contributed by atoms with E-state index in [-0.39, 0.29) is 10.9 Å². The Bertz CT molecular complexity index is 1120. The molecule has 2 amide bonds. The third-order valence-corrected chi connectivity index (χ3v) is 7.92. The number of anilines is 1. The molecule has 1 aliphatic heterocycles. The Kier molecular flexibility index (Phi) is 4.93. The molecule has 2 aliphatic carbocycles. The lowest BCUT2D eigenvalue weighted by molar-refractivity contribution is 0.117. The van der Waals surface area contributed by atoms with Crippen molar-refractivity contribution in [1.82, 2.24) is 19.4 Å². The lowest BCUT2D eigenvalue weighted by Crippen LogP contribution is -2.41. The van der Waals surface area contributed by atoms with Gasteiger partial charge in [-0.25, -0.2) is 23.2 Å². The number of benzene rings is 1. The monoisotopic (exact) mass is 444 g/mol. The van der Waals surface area contributed by atoms with Crippen molar-refractivity contribution in [3.8, 4) is 5.88 Å². The zero-order valence-electron chi connectivity index (χ0n) is 17.9. The molecule has 0 radical (unpaired) electrons. The van der Waals surface area contributed by atoms with Crippen molar-refractivity contribution in [3.05, 3.63) is 34.5 Å². The van der Waals surface area contributed by atoms with Gasteiger partial charge in [0.2, 0.25) is 5.88 Å². The normalized spacial score (nSPS) is 21.1. The van der Waals surface area contributed by atoms with E-state index in [0.29, 0.717) is 19.0 Å². The van der Waals surface area contributed by atoms with Crippen LogP contribution in [0.3, 0.4) is 0 Å². The maximum absolute atomic E-state index is 13.2. The number of carbonyl (C=O) groups excluding carboxylic acids is 1. The summed E-state index contributed by atoms with van der Waals surface area (Å²) in [5, 5.41) is 7.17. The summed E-state index contributed by atoms with van der Waals surface area (Å²) in [5.41, 5.74) is 5.84. The van der Waals surface area contributed by atoms with E-state index in [1.54, 1.807) is 4.68 Å². The molecule has 3 aliphatic rings. The van der Waals surface area contributed by atoms with E-state index in [1.165, 1.54) is 28.5 Å². The minimum absolute atomic E-state index is 0.100. The molecule has 10 heteroatoms. The van der Waals surface area contributed by atoms with E-state index in [9.17, 15) is 9.00 Å². The number of aryl methyl sites for hydroxylation is 2. The van der Waals surface area contributed by atoms with Crippen LogP contribution < -0.4 is 14.8 Å². The molecular weight excluding hydrogens is 416 g/mol. The molecule has 0 saturated carbocycles. The average Bonchev–Trinajstić information content (AvgIpc) is 3.45. The van der Waals surface area contributed by atoms with Crippen LogP contribution in [0.15, 0.2) is 17.2 Å². The zero-order valence-corrected chi connectivity index (χ0v) is 18.7. The van der Waals surface area contributed by atoms with Crippen molar-refractivity contribution in [1.29, 1.82) is 4.78 Å². The van der Waals surface area contributed by atoms with Crippen LogP contribution >= 0.6 is 0 Å². The first-order chi connectivity index (χ1) is 14.8. The number of carbonyl (C=O) groups is 1. The van der Waals surface area contributed by atoms with Crippen molar-refractivity contribution in [2.75, 3.05) is 26.0 Å². The number of ether oxygens (including phenoxy) is 1. The highest BCUT2D eigenvalue weighted by molar-refractivity contribution is 7.91. The number of likely N-dealkylation sites (N-methyl/N-ethyl adjacent to an activating group) is 1. The van der Waals surface area contributed by atoms with Crippen molar-refractivity contribution in [3.63, 3.8) is 0 Å². The third kappa shape index (κ3) is 3.57. The van der Waals surface area contributed by atoms with Gasteiger partial charge in [0.15, 0.2) is 9.92 Å². The Balaban J connectivity index is 1.37. The number of nitrogens with one attached hydrogen (secondary N) is 3. The number of hydrogen-bond acceptors (Lipinski definition) is 6. The Hall–Kier alpha value is -2.59. The highest BCUT2D eigenvalue weighted by Crippen LogP contribution is 2.38. The maximum atomic E-state index is 13.2. The molecule has 166 valence electrons. The van der Waals surface area contributed by atoms with Gasteiger partial charge >= 0.3 is 6.03 Å². The van der Waals surface area contributed by atoms with Crippen molar-refractivity contribution >= 4 is 21.6 Å². The van der Waals surface area contributed by atoms with Crippen molar-refractivity contribution < 1.29 is 13.7 Å². The average molecular weight is 445 g/mol. The fourth-order valence-electron chi connectivity index (χ4n) is 4.86. The molecule has 2 heterocycles. The fraction of sp³-hybridized carbons (Fsp3) is 0.524. The van der Waals surface area contributed by atoms with Gasteiger partial charge in [0.1, 0.15) is 11.5 Å². The fourth-order valence-corrected chi connectivity index (χ4v) is 5.89. The van der Waals surface area contributed by atoms with E-state index in [2.05, 4.69) is 21.2 Å². The molecule has 0 saturated heterocycles. The van der Waals surface area contributed by atoms with Gasteiger partial charge in [-0.1, -0.05) is 6.07 Å². The predicted octanol–water partition coefficient (Wildman–Crippen LogP) is 2.33. The highest BCUT2D eigenvalue weighted by atomic mass is 32.2. The smallest absolute Gasteiger partial charge is 0.331 e. The lowest BCUT2D eigenvalue weighted by atomic mass is 9.99. The van der Waals surface area contributed by atoms with Gasteiger partial charge in [-0.15, -0.1) is 0 Å². The number of nitrogens with zero attached hydrogens (tertiary/aromatic N) is 3. The molecule has 0 fully saturated rings. The Morgan fingerprint density at radius 3 is 2.55 bits per heavy atom. The molecule has 5 rings (SSSR count). The standard InChI is InChI=1S/C21H28N6O3S/c1-26(2)15-11-27-20(30-12-15)18(10-23-27)31(22,29)25-21(28)24-19-16-7-3-5-13(16)9-14-6-4-8-17(14)19/h9-10,15H,3-8,11-12H2,1-2H3,(H3,22,24,25,28,29)/t15-,31?/m1/s1. The molecule has 1 unspecified atom stereocenters. The van der Waals surface area contributed by atoms with Crippen LogP contribution in [0.4, 0.5) is 10.5 Å². The molecular formula is C21H28N6O3S. The van der Waals surface area contributed by atoms with E-state index in [1.807, 2.05) is 19.0 Å². The van der Waals surface area contributed by atoms with Crippen molar-refractivity contribution in [2.45, 2.75) is 56.0 Å². The molecule has 1 aromatic heterocycles. The van der Waals surface area contributed by atoms with Crippen LogP contribution in [0.2, 0.25) is 0 Å². The summed E-state index contributed by atoms with van der Waals surface area (Å²) in [6.07, 6.45) is 7.46. The van der Waals surface area contributed by atoms with Crippen molar-refractivity contribution in [2.24, 2.45) is 0 Å².